The Kier molecular flexibility index (Phi) is 3.70. The van der Waals surface area contributed by atoms with E-state index in [1.54, 1.807) is 50.2 Å². The lowest BCUT2D eigenvalue weighted by atomic mass is 10.0. The maximum atomic E-state index is 11.9. The summed E-state index contributed by atoms with van der Waals surface area (Å²) in [6.07, 6.45) is 0. The zero-order chi connectivity index (χ0) is 14.9. The standard InChI is InChI=1S/C15H17NO4/c1-4-20-15(19)11-13(17)10-8-6-5-7-9(10)12(14(11)18)16(2)3/h5-8,17-18H,4H2,1-3H3. The number of carbonyl (C=O) groups is 1. The number of fused-ring (bicyclic) bond motifs is 1. The zero-order valence-electron chi connectivity index (χ0n) is 11.7. The summed E-state index contributed by atoms with van der Waals surface area (Å²) < 4.78 is 4.90. The van der Waals surface area contributed by atoms with E-state index in [-0.39, 0.29) is 23.7 Å². The second-order valence-electron chi connectivity index (χ2n) is 4.58. The van der Waals surface area contributed by atoms with Crippen LogP contribution in [-0.2, 0) is 4.74 Å². The van der Waals surface area contributed by atoms with Gasteiger partial charge in [0.15, 0.2) is 5.75 Å². The first-order valence-corrected chi connectivity index (χ1v) is 6.30. The average Bonchev–Trinajstić information content (AvgIpc) is 2.38. The predicted molar refractivity (Wildman–Crippen MR) is 77.6 cm³/mol. The molecule has 0 spiro atoms. The number of aromatic hydroxyl groups is 2. The highest BCUT2D eigenvalue weighted by Gasteiger charge is 2.25. The van der Waals surface area contributed by atoms with Crippen LogP contribution in [0, 0.1) is 0 Å². The van der Waals surface area contributed by atoms with E-state index in [2.05, 4.69) is 0 Å². The molecule has 0 unspecified atom stereocenters. The van der Waals surface area contributed by atoms with Gasteiger partial charge in [-0.15, -0.1) is 0 Å². The van der Waals surface area contributed by atoms with Crippen LogP contribution in [-0.4, -0.2) is 36.9 Å². The highest BCUT2D eigenvalue weighted by atomic mass is 16.5. The molecule has 5 heteroatoms. The van der Waals surface area contributed by atoms with Gasteiger partial charge in [0.2, 0.25) is 0 Å². The molecule has 20 heavy (non-hydrogen) atoms. The van der Waals surface area contributed by atoms with E-state index in [1.807, 2.05) is 0 Å². The lowest BCUT2D eigenvalue weighted by Gasteiger charge is -2.20. The summed E-state index contributed by atoms with van der Waals surface area (Å²) in [7, 11) is 3.51. The highest BCUT2D eigenvalue weighted by Crippen LogP contribution is 2.44. The van der Waals surface area contributed by atoms with Crippen molar-refractivity contribution in [2.45, 2.75) is 6.92 Å². The molecule has 5 nitrogen and oxygen atoms in total. The number of hydrogen-bond donors (Lipinski definition) is 2. The van der Waals surface area contributed by atoms with Gasteiger partial charge < -0.3 is 19.8 Å². The Morgan fingerprint density at radius 3 is 2.30 bits per heavy atom. The van der Waals surface area contributed by atoms with Gasteiger partial charge in [0.25, 0.3) is 0 Å². The second kappa shape index (κ2) is 5.28. The van der Waals surface area contributed by atoms with Crippen LogP contribution in [0.3, 0.4) is 0 Å². The average molecular weight is 275 g/mol. The van der Waals surface area contributed by atoms with E-state index in [0.717, 1.165) is 0 Å². The van der Waals surface area contributed by atoms with Crippen molar-refractivity contribution in [3.63, 3.8) is 0 Å². The number of phenols is 2. The van der Waals surface area contributed by atoms with Crippen molar-refractivity contribution >= 4 is 22.4 Å². The van der Waals surface area contributed by atoms with Crippen molar-refractivity contribution in [1.29, 1.82) is 0 Å². The molecular formula is C15H17NO4. The molecule has 0 aromatic heterocycles. The Morgan fingerprint density at radius 2 is 1.75 bits per heavy atom. The second-order valence-corrected chi connectivity index (χ2v) is 4.58. The zero-order valence-corrected chi connectivity index (χ0v) is 11.7. The number of carbonyl (C=O) groups excluding carboxylic acids is 1. The van der Waals surface area contributed by atoms with Gasteiger partial charge in [0.05, 0.1) is 12.3 Å². The lowest BCUT2D eigenvalue weighted by Crippen LogP contribution is -2.13. The molecule has 0 radical (unpaired) electrons. The Bertz CT molecular complexity index is 664. The third-order valence-electron chi connectivity index (χ3n) is 3.06. The van der Waals surface area contributed by atoms with Gasteiger partial charge in [-0.25, -0.2) is 4.79 Å². The molecule has 0 aliphatic rings. The summed E-state index contributed by atoms with van der Waals surface area (Å²) in [5.41, 5.74) is 0.274. The van der Waals surface area contributed by atoms with Gasteiger partial charge in [-0.2, -0.15) is 0 Å². The fourth-order valence-corrected chi connectivity index (χ4v) is 2.24. The van der Waals surface area contributed by atoms with Crippen LogP contribution in [0.5, 0.6) is 11.5 Å². The van der Waals surface area contributed by atoms with Crippen molar-refractivity contribution < 1.29 is 19.7 Å². The summed E-state index contributed by atoms with van der Waals surface area (Å²) in [4.78, 5) is 13.6. The Morgan fingerprint density at radius 1 is 1.15 bits per heavy atom. The number of esters is 1. The maximum Gasteiger partial charge on any atom is 0.345 e. The van der Waals surface area contributed by atoms with Crippen LogP contribution < -0.4 is 4.90 Å². The number of anilines is 1. The van der Waals surface area contributed by atoms with Crippen molar-refractivity contribution in [2.24, 2.45) is 0 Å². The van der Waals surface area contributed by atoms with Gasteiger partial charge in [-0.1, -0.05) is 24.3 Å². The number of ether oxygens (including phenoxy) is 1. The molecule has 106 valence electrons. The van der Waals surface area contributed by atoms with Crippen LogP contribution in [0.25, 0.3) is 10.8 Å². The minimum atomic E-state index is -0.739. The number of nitrogens with zero attached hydrogens (tertiary/aromatic N) is 1. The summed E-state index contributed by atoms with van der Waals surface area (Å²) >= 11 is 0. The van der Waals surface area contributed by atoms with E-state index in [4.69, 9.17) is 4.74 Å². The molecule has 0 saturated heterocycles. The normalized spacial score (nSPS) is 10.6. The molecule has 0 aliphatic carbocycles. The molecule has 2 aromatic rings. The van der Waals surface area contributed by atoms with Crippen molar-refractivity contribution in [3.05, 3.63) is 29.8 Å². The van der Waals surface area contributed by atoms with E-state index < -0.39 is 5.97 Å². The fourth-order valence-electron chi connectivity index (χ4n) is 2.24. The number of benzene rings is 2. The van der Waals surface area contributed by atoms with Crippen molar-refractivity contribution in [3.8, 4) is 11.5 Å². The summed E-state index contributed by atoms with van der Waals surface area (Å²) in [5.74, 6) is -1.27. The first-order chi connectivity index (χ1) is 9.49. The number of hydrogen-bond acceptors (Lipinski definition) is 5. The van der Waals surface area contributed by atoms with Gasteiger partial charge >= 0.3 is 5.97 Å². The smallest absolute Gasteiger partial charge is 0.345 e. The van der Waals surface area contributed by atoms with Crippen molar-refractivity contribution in [2.75, 3.05) is 25.6 Å². The molecule has 0 bridgehead atoms. The van der Waals surface area contributed by atoms with E-state index in [0.29, 0.717) is 16.5 Å². The van der Waals surface area contributed by atoms with Crippen LogP contribution in [0.2, 0.25) is 0 Å². The molecule has 0 aliphatic heterocycles. The Hall–Kier alpha value is -2.43. The first kappa shape index (κ1) is 14.0. The maximum absolute atomic E-state index is 11.9. The van der Waals surface area contributed by atoms with E-state index in [1.165, 1.54) is 0 Å². The van der Waals surface area contributed by atoms with Crippen molar-refractivity contribution in [1.82, 2.24) is 0 Å². The number of rotatable bonds is 3. The molecule has 2 aromatic carbocycles. The molecule has 0 saturated carbocycles. The summed E-state index contributed by atoms with van der Waals surface area (Å²) in [6.45, 7) is 1.84. The third kappa shape index (κ3) is 2.11. The minimum Gasteiger partial charge on any atom is -0.506 e. The predicted octanol–water partition coefficient (Wildman–Crippen LogP) is 2.49. The lowest BCUT2D eigenvalue weighted by molar-refractivity contribution is 0.0520. The molecule has 0 fully saturated rings. The quantitative estimate of drug-likeness (QED) is 0.842. The fraction of sp³-hybridized carbons (Fsp3) is 0.267. The van der Waals surface area contributed by atoms with Gasteiger partial charge in [-0.3, -0.25) is 0 Å². The third-order valence-corrected chi connectivity index (χ3v) is 3.06. The minimum absolute atomic E-state index is 0.168. The molecule has 2 N–H and O–H groups in total. The van der Waals surface area contributed by atoms with Crippen LogP contribution >= 0.6 is 0 Å². The number of phenolic OH excluding ortho intramolecular Hbond substituents is 2. The Labute approximate surface area is 117 Å². The van der Waals surface area contributed by atoms with Gasteiger partial charge in [0, 0.05) is 24.9 Å². The van der Waals surface area contributed by atoms with Crippen LogP contribution in [0.1, 0.15) is 17.3 Å². The van der Waals surface area contributed by atoms with Crippen LogP contribution in [0.15, 0.2) is 24.3 Å². The van der Waals surface area contributed by atoms with E-state index in [9.17, 15) is 15.0 Å². The SMILES string of the molecule is CCOC(=O)c1c(O)c(N(C)C)c2ccccc2c1O. The topological polar surface area (TPSA) is 70.0 Å². The first-order valence-electron chi connectivity index (χ1n) is 6.30. The highest BCUT2D eigenvalue weighted by molar-refractivity contribution is 6.10. The molecule has 2 rings (SSSR count). The van der Waals surface area contributed by atoms with E-state index >= 15 is 0 Å². The molecule has 0 atom stereocenters. The summed E-state index contributed by atoms with van der Waals surface area (Å²) in [5, 5.41) is 21.8. The molecular weight excluding hydrogens is 258 g/mol. The summed E-state index contributed by atoms with van der Waals surface area (Å²) in [6, 6.07) is 7.03. The molecule has 0 heterocycles. The largest absolute Gasteiger partial charge is 0.506 e. The van der Waals surface area contributed by atoms with Crippen LogP contribution in [0.4, 0.5) is 5.69 Å². The Balaban J connectivity index is 2.85. The monoisotopic (exact) mass is 275 g/mol. The van der Waals surface area contributed by atoms with Gasteiger partial charge in [0.1, 0.15) is 11.3 Å². The van der Waals surface area contributed by atoms with Gasteiger partial charge in [-0.05, 0) is 6.92 Å². The molecule has 0 amide bonds.